The molecule has 1 rings (SSSR count). The van der Waals surface area contributed by atoms with Crippen LogP contribution in [-0.4, -0.2) is 42.1 Å². The van der Waals surface area contributed by atoms with Crippen molar-refractivity contribution in [1.82, 2.24) is 4.90 Å². The molecule has 0 aromatic heterocycles. The Morgan fingerprint density at radius 2 is 2.10 bits per heavy atom. The van der Waals surface area contributed by atoms with Gasteiger partial charge in [-0.2, -0.15) is 0 Å². The van der Waals surface area contributed by atoms with Gasteiger partial charge in [-0.1, -0.05) is 6.07 Å². The Hall–Kier alpha value is -2.11. The molecule has 0 unspecified atom stereocenters. The molecular formula is C14H18FNO4. The lowest BCUT2D eigenvalue weighted by Crippen LogP contribution is -2.30. The van der Waals surface area contributed by atoms with Crippen molar-refractivity contribution in [2.45, 2.75) is 19.3 Å². The second kappa shape index (κ2) is 8.14. The van der Waals surface area contributed by atoms with Crippen LogP contribution in [0.2, 0.25) is 0 Å². The zero-order valence-electron chi connectivity index (χ0n) is 11.3. The van der Waals surface area contributed by atoms with Crippen LogP contribution >= 0.6 is 0 Å². The van der Waals surface area contributed by atoms with Crippen LogP contribution in [0.4, 0.5) is 4.39 Å². The third kappa shape index (κ3) is 6.17. The number of aliphatic carboxylic acids is 1. The molecule has 0 saturated carbocycles. The van der Waals surface area contributed by atoms with Crippen LogP contribution in [0.15, 0.2) is 24.3 Å². The molecular weight excluding hydrogens is 265 g/mol. The summed E-state index contributed by atoms with van der Waals surface area (Å²) < 4.78 is 18.2. The molecule has 20 heavy (non-hydrogen) atoms. The monoisotopic (exact) mass is 283 g/mol. The maximum Gasteiger partial charge on any atom is 0.303 e. The number of carboxylic acid groups (broad SMARTS) is 1. The predicted octanol–water partition coefficient (Wildman–Crippen LogP) is 1.92. The Labute approximate surface area is 117 Å². The standard InChI is InChI=1S/C14H18FNO4/c1-16(13(17)6-3-7-14(18)19)8-9-20-12-5-2-4-11(15)10-12/h2,4-5,10H,3,6-9H2,1H3,(H,18,19). The van der Waals surface area contributed by atoms with Crippen LogP contribution < -0.4 is 4.74 Å². The maximum atomic E-state index is 12.9. The molecule has 0 heterocycles. The summed E-state index contributed by atoms with van der Waals surface area (Å²) >= 11 is 0. The molecule has 0 spiro atoms. The van der Waals surface area contributed by atoms with Gasteiger partial charge in [-0.3, -0.25) is 9.59 Å². The number of hydrogen-bond donors (Lipinski definition) is 1. The van der Waals surface area contributed by atoms with Crippen molar-refractivity contribution in [3.63, 3.8) is 0 Å². The van der Waals surface area contributed by atoms with Crippen LogP contribution in [0.3, 0.4) is 0 Å². The number of carbonyl (C=O) groups excluding carboxylic acids is 1. The van der Waals surface area contributed by atoms with Gasteiger partial charge in [0, 0.05) is 26.0 Å². The Bertz CT molecular complexity index is 464. The topological polar surface area (TPSA) is 66.8 Å². The van der Waals surface area contributed by atoms with E-state index in [0.717, 1.165) is 0 Å². The summed E-state index contributed by atoms with van der Waals surface area (Å²) in [6, 6.07) is 5.78. The summed E-state index contributed by atoms with van der Waals surface area (Å²) in [5.74, 6) is -0.999. The zero-order valence-corrected chi connectivity index (χ0v) is 11.3. The number of rotatable bonds is 8. The van der Waals surface area contributed by atoms with Crippen LogP contribution in [0.25, 0.3) is 0 Å². The summed E-state index contributed by atoms with van der Waals surface area (Å²) in [4.78, 5) is 23.4. The van der Waals surface area contributed by atoms with Gasteiger partial charge in [-0.25, -0.2) is 4.39 Å². The molecule has 1 aromatic carbocycles. The molecule has 6 heteroatoms. The summed E-state index contributed by atoms with van der Waals surface area (Å²) in [5.41, 5.74) is 0. The van der Waals surface area contributed by atoms with Crippen LogP contribution in [-0.2, 0) is 9.59 Å². The first-order chi connectivity index (χ1) is 9.49. The third-order valence-corrected chi connectivity index (χ3v) is 2.70. The normalized spacial score (nSPS) is 10.1. The molecule has 1 amide bonds. The summed E-state index contributed by atoms with van der Waals surface area (Å²) in [7, 11) is 1.62. The highest BCUT2D eigenvalue weighted by Crippen LogP contribution is 2.11. The Morgan fingerprint density at radius 1 is 1.35 bits per heavy atom. The van der Waals surface area contributed by atoms with E-state index < -0.39 is 5.97 Å². The number of likely N-dealkylation sites (N-methyl/N-ethyl adjacent to an activating group) is 1. The molecule has 110 valence electrons. The first-order valence-corrected chi connectivity index (χ1v) is 6.33. The molecule has 0 aliphatic carbocycles. The van der Waals surface area contributed by atoms with E-state index in [0.29, 0.717) is 18.7 Å². The van der Waals surface area contributed by atoms with Crippen molar-refractivity contribution in [1.29, 1.82) is 0 Å². The smallest absolute Gasteiger partial charge is 0.303 e. The molecule has 0 bridgehead atoms. The van der Waals surface area contributed by atoms with E-state index in [1.54, 1.807) is 19.2 Å². The molecule has 5 nitrogen and oxygen atoms in total. The van der Waals surface area contributed by atoms with E-state index in [1.807, 2.05) is 0 Å². The SMILES string of the molecule is CN(CCOc1cccc(F)c1)C(=O)CCCC(=O)O. The molecule has 0 radical (unpaired) electrons. The molecule has 0 aliphatic heterocycles. The van der Waals surface area contributed by atoms with Crippen molar-refractivity contribution >= 4 is 11.9 Å². The van der Waals surface area contributed by atoms with Crippen molar-refractivity contribution in [2.75, 3.05) is 20.2 Å². The van der Waals surface area contributed by atoms with E-state index in [-0.39, 0.29) is 31.2 Å². The van der Waals surface area contributed by atoms with Gasteiger partial charge in [0.25, 0.3) is 0 Å². The maximum absolute atomic E-state index is 12.9. The molecule has 0 saturated heterocycles. The van der Waals surface area contributed by atoms with E-state index >= 15 is 0 Å². The molecule has 0 fully saturated rings. The average Bonchev–Trinajstić information content (AvgIpc) is 2.38. The Morgan fingerprint density at radius 3 is 2.75 bits per heavy atom. The summed E-state index contributed by atoms with van der Waals surface area (Å²) in [5, 5.41) is 8.48. The second-order valence-corrected chi connectivity index (χ2v) is 4.37. The zero-order chi connectivity index (χ0) is 15.0. The van der Waals surface area contributed by atoms with Gasteiger partial charge >= 0.3 is 5.97 Å². The van der Waals surface area contributed by atoms with Crippen molar-refractivity contribution in [2.24, 2.45) is 0 Å². The third-order valence-electron chi connectivity index (χ3n) is 2.70. The highest BCUT2D eigenvalue weighted by molar-refractivity contribution is 5.76. The highest BCUT2D eigenvalue weighted by Gasteiger charge is 2.09. The second-order valence-electron chi connectivity index (χ2n) is 4.37. The van der Waals surface area contributed by atoms with Crippen LogP contribution in [0, 0.1) is 5.82 Å². The van der Waals surface area contributed by atoms with E-state index in [1.165, 1.54) is 17.0 Å². The quantitative estimate of drug-likeness (QED) is 0.791. The van der Waals surface area contributed by atoms with Crippen LogP contribution in [0.5, 0.6) is 5.75 Å². The predicted molar refractivity (Wildman–Crippen MR) is 71.0 cm³/mol. The van der Waals surface area contributed by atoms with Gasteiger partial charge in [0.1, 0.15) is 18.2 Å². The van der Waals surface area contributed by atoms with Gasteiger partial charge in [0.15, 0.2) is 0 Å². The first kappa shape index (κ1) is 15.9. The number of benzene rings is 1. The Balaban J connectivity index is 2.23. The van der Waals surface area contributed by atoms with Gasteiger partial charge in [-0.15, -0.1) is 0 Å². The average molecular weight is 283 g/mol. The van der Waals surface area contributed by atoms with E-state index in [2.05, 4.69) is 0 Å². The number of carboxylic acids is 1. The fraction of sp³-hybridized carbons (Fsp3) is 0.429. The van der Waals surface area contributed by atoms with Crippen molar-refractivity contribution in [3.8, 4) is 5.75 Å². The van der Waals surface area contributed by atoms with Gasteiger partial charge in [0.05, 0.1) is 6.54 Å². The van der Waals surface area contributed by atoms with Gasteiger partial charge in [-0.05, 0) is 18.6 Å². The largest absolute Gasteiger partial charge is 0.492 e. The van der Waals surface area contributed by atoms with Crippen LogP contribution in [0.1, 0.15) is 19.3 Å². The lowest BCUT2D eigenvalue weighted by atomic mass is 10.2. The lowest BCUT2D eigenvalue weighted by molar-refractivity contribution is -0.137. The highest BCUT2D eigenvalue weighted by atomic mass is 19.1. The minimum atomic E-state index is -0.908. The number of halogens is 1. The Kier molecular flexibility index (Phi) is 6.49. The molecule has 1 N–H and O–H groups in total. The van der Waals surface area contributed by atoms with Gasteiger partial charge < -0.3 is 14.7 Å². The number of amides is 1. The first-order valence-electron chi connectivity index (χ1n) is 6.33. The lowest BCUT2D eigenvalue weighted by Gasteiger charge is -2.17. The number of carbonyl (C=O) groups is 2. The minimum absolute atomic E-state index is 0.0145. The minimum Gasteiger partial charge on any atom is -0.492 e. The number of nitrogens with zero attached hydrogens (tertiary/aromatic N) is 1. The number of hydrogen-bond acceptors (Lipinski definition) is 3. The molecule has 1 aromatic rings. The fourth-order valence-corrected chi connectivity index (χ4v) is 1.56. The fourth-order valence-electron chi connectivity index (χ4n) is 1.56. The summed E-state index contributed by atoms with van der Waals surface area (Å²) in [6.45, 7) is 0.618. The molecule has 0 aliphatic rings. The van der Waals surface area contributed by atoms with Gasteiger partial charge in [0.2, 0.25) is 5.91 Å². The van der Waals surface area contributed by atoms with Crippen molar-refractivity contribution < 1.29 is 23.8 Å². The van der Waals surface area contributed by atoms with E-state index in [4.69, 9.17) is 9.84 Å². The number of ether oxygens (including phenoxy) is 1. The molecule has 0 atom stereocenters. The summed E-state index contributed by atoms with van der Waals surface area (Å²) in [6.07, 6.45) is 0.505. The van der Waals surface area contributed by atoms with Crippen molar-refractivity contribution in [3.05, 3.63) is 30.1 Å². The van der Waals surface area contributed by atoms with E-state index in [9.17, 15) is 14.0 Å².